The smallest absolute Gasteiger partial charge is 0.270 e. The minimum Gasteiger partial charge on any atom is -0.322 e. The molecule has 0 aliphatic heterocycles. The summed E-state index contributed by atoms with van der Waals surface area (Å²) in [5.74, 6) is 0. The van der Waals surface area contributed by atoms with Gasteiger partial charge in [0.05, 0.1) is 10.6 Å². The highest BCUT2D eigenvalue weighted by atomic mass is 16.6. The Balaban J connectivity index is 2.47. The van der Waals surface area contributed by atoms with E-state index in [0.29, 0.717) is 5.69 Å². The molecule has 1 aromatic carbocycles. The third-order valence-electron chi connectivity index (χ3n) is 3.13. The van der Waals surface area contributed by atoms with Crippen molar-refractivity contribution in [2.45, 2.75) is 26.3 Å². The predicted octanol–water partition coefficient (Wildman–Crippen LogP) is 3.16. The first-order valence-corrected chi connectivity index (χ1v) is 6.31. The normalized spacial score (nSPS) is 11.4. The van der Waals surface area contributed by atoms with Crippen LogP contribution >= 0.6 is 0 Å². The van der Waals surface area contributed by atoms with E-state index in [9.17, 15) is 10.1 Å². The molecule has 1 heterocycles. The predicted molar refractivity (Wildman–Crippen MR) is 78.3 cm³/mol. The SMILES string of the molecule is Cc1nc(-c2cccc([N+](=O)[O-])c2)ccc1C(C)(C)N. The highest BCUT2D eigenvalue weighted by Gasteiger charge is 2.18. The van der Waals surface area contributed by atoms with Gasteiger partial charge in [0.2, 0.25) is 0 Å². The van der Waals surface area contributed by atoms with Gasteiger partial charge in [0.15, 0.2) is 0 Å². The molecule has 2 rings (SSSR count). The molecule has 0 atom stereocenters. The Morgan fingerprint density at radius 2 is 1.95 bits per heavy atom. The molecule has 0 radical (unpaired) electrons. The van der Waals surface area contributed by atoms with Crippen LogP contribution in [0.2, 0.25) is 0 Å². The second kappa shape index (κ2) is 5.02. The number of nitro groups is 1. The van der Waals surface area contributed by atoms with Crippen molar-refractivity contribution in [1.82, 2.24) is 4.98 Å². The summed E-state index contributed by atoms with van der Waals surface area (Å²) >= 11 is 0. The van der Waals surface area contributed by atoms with E-state index in [1.54, 1.807) is 6.07 Å². The molecular weight excluding hydrogens is 254 g/mol. The van der Waals surface area contributed by atoms with Gasteiger partial charge in [0.25, 0.3) is 5.69 Å². The molecule has 5 nitrogen and oxygen atoms in total. The Morgan fingerprint density at radius 3 is 2.50 bits per heavy atom. The van der Waals surface area contributed by atoms with Crippen LogP contribution in [0.4, 0.5) is 5.69 Å². The Bertz CT molecular complexity index is 660. The van der Waals surface area contributed by atoms with E-state index < -0.39 is 10.5 Å². The first-order chi connectivity index (χ1) is 9.29. The van der Waals surface area contributed by atoms with E-state index in [4.69, 9.17) is 5.73 Å². The van der Waals surface area contributed by atoms with Crippen LogP contribution in [0.5, 0.6) is 0 Å². The third-order valence-corrected chi connectivity index (χ3v) is 3.13. The summed E-state index contributed by atoms with van der Waals surface area (Å²) < 4.78 is 0. The number of non-ortho nitro benzene ring substituents is 1. The minimum absolute atomic E-state index is 0.0604. The maximum atomic E-state index is 10.8. The Kier molecular flexibility index (Phi) is 3.55. The average molecular weight is 271 g/mol. The molecule has 20 heavy (non-hydrogen) atoms. The monoisotopic (exact) mass is 271 g/mol. The van der Waals surface area contributed by atoms with Crippen LogP contribution in [0.3, 0.4) is 0 Å². The molecule has 104 valence electrons. The standard InChI is InChI=1S/C15H17N3O2/c1-10-13(15(2,3)16)7-8-14(17-10)11-5-4-6-12(9-11)18(19)20/h4-9H,16H2,1-3H3. The van der Waals surface area contributed by atoms with E-state index >= 15 is 0 Å². The summed E-state index contributed by atoms with van der Waals surface area (Å²) in [6.45, 7) is 5.74. The molecule has 0 unspecified atom stereocenters. The van der Waals surface area contributed by atoms with E-state index in [-0.39, 0.29) is 5.69 Å². The van der Waals surface area contributed by atoms with Crippen molar-refractivity contribution in [3.05, 3.63) is 57.8 Å². The van der Waals surface area contributed by atoms with Gasteiger partial charge >= 0.3 is 0 Å². The van der Waals surface area contributed by atoms with Crippen LogP contribution in [0.15, 0.2) is 36.4 Å². The summed E-state index contributed by atoms with van der Waals surface area (Å²) in [4.78, 5) is 14.9. The molecule has 0 spiro atoms. The molecule has 1 aromatic heterocycles. The van der Waals surface area contributed by atoms with Gasteiger partial charge in [0, 0.05) is 28.9 Å². The van der Waals surface area contributed by atoms with E-state index in [2.05, 4.69) is 4.98 Å². The Hall–Kier alpha value is -2.27. The van der Waals surface area contributed by atoms with Gasteiger partial charge in [-0.2, -0.15) is 0 Å². The number of hydrogen-bond acceptors (Lipinski definition) is 4. The quantitative estimate of drug-likeness (QED) is 0.686. The molecule has 2 aromatic rings. The summed E-state index contributed by atoms with van der Waals surface area (Å²) in [6.07, 6.45) is 0. The zero-order chi connectivity index (χ0) is 14.9. The third kappa shape index (κ3) is 2.83. The number of nitro benzene ring substituents is 1. The number of benzene rings is 1. The van der Waals surface area contributed by atoms with Crippen LogP contribution in [0.25, 0.3) is 11.3 Å². The van der Waals surface area contributed by atoms with Gasteiger partial charge in [-0.1, -0.05) is 18.2 Å². The largest absolute Gasteiger partial charge is 0.322 e. The summed E-state index contributed by atoms with van der Waals surface area (Å²) in [6, 6.07) is 10.2. The first-order valence-electron chi connectivity index (χ1n) is 6.31. The summed E-state index contributed by atoms with van der Waals surface area (Å²) in [7, 11) is 0. The molecule has 0 aliphatic carbocycles. The fraction of sp³-hybridized carbons (Fsp3) is 0.267. The lowest BCUT2D eigenvalue weighted by Gasteiger charge is -2.21. The molecule has 0 saturated carbocycles. The van der Waals surface area contributed by atoms with Crippen molar-refractivity contribution < 1.29 is 4.92 Å². The molecule has 2 N–H and O–H groups in total. The summed E-state index contributed by atoms with van der Waals surface area (Å²) in [5.41, 5.74) is 8.91. The minimum atomic E-state index is -0.460. The molecule has 0 bridgehead atoms. The number of hydrogen-bond donors (Lipinski definition) is 1. The lowest BCUT2D eigenvalue weighted by atomic mass is 9.93. The topological polar surface area (TPSA) is 82.0 Å². The molecule has 0 amide bonds. The van der Waals surface area contributed by atoms with Gasteiger partial charge in [-0.25, -0.2) is 0 Å². The lowest BCUT2D eigenvalue weighted by molar-refractivity contribution is -0.384. The zero-order valence-corrected chi connectivity index (χ0v) is 11.8. The fourth-order valence-electron chi connectivity index (χ4n) is 2.18. The molecular formula is C15H17N3O2. The van der Waals surface area contributed by atoms with Gasteiger partial charge in [-0.05, 0) is 32.4 Å². The van der Waals surface area contributed by atoms with E-state index in [1.807, 2.05) is 39.0 Å². The molecule has 0 fully saturated rings. The molecule has 0 saturated heterocycles. The number of aromatic nitrogens is 1. The van der Waals surface area contributed by atoms with Crippen molar-refractivity contribution >= 4 is 5.69 Å². The average Bonchev–Trinajstić information content (AvgIpc) is 2.37. The Labute approximate surface area is 117 Å². The van der Waals surface area contributed by atoms with Crippen LogP contribution in [0, 0.1) is 17.0 Å². The number of rotatable bonds is 3. The Morgan fingerprint density at radius 1 is 1.25 bits per heavy atom. The van der Waals surface area contributed by atoms with Gasteiger partial charge in [-0.3, -0.25) is 15.1 Å². The van der Waals surface area contributed by atoms with Gasteiger partial charge < -0.3 is 5.73 Å². The maximum Gasteiger partial charge on any atom is 0.270 e. The van der Waals surface area contributed by atoms with Crippen molar-refractivity contribution in [3.63, 3.8) is 0 Å². The van der Waals surface area contributed by atoms with Gasteiger partial charge in [0.1, 0.15) is 0 Å². The maximum absolute atomic E-state index is 10.8. The van der Waals surface area contributed by atoms with Gasteiger partial charge in [-0.15, -0.1) is 0 Å². The highest BCUT2D eigenvalue weighted by molar-refractivity contribution is 5.63. The molecule has 0 aliphatic rings. The number of nitrogens with zero attached hydrogens (tertiary/aromatic N) is 2. The van der Waals surface area contributed by atoms with E-state index in [1.165, 1.54) is 12.1 Å². The first kappa shape index (κ1) is 14.1. The van der Waals surface area contributed by atoms with Crippen molar-refractivity contribution in [2.75, 3.05) is 0 Å². The zero-order valence-electron chi connectivity index (χ0n) is 11.8. The summed E-state index contributed by atoms with van der Waals surface area (Å²) in [5, 5.41) is 10.8. The van der Waals surface area contributed by atoms with Crippen LogP contribution in [-0.2, 0) is 5.54 Å². The second-order valence-corrected chi connectivity index (χ2v) is 5.36. The van der Waals surface area contributed by atoms with Crippen molar-refractivity contribution in [2.24, 2.45) is 5.73 Å². The lowest BCUT2D eigenvalue weighted by Crippen LogP contribution is -2.29. The van der Waals surface area contributed by atoms with Crippen LogP contribution in [-0.4, -0.2) is 9.91 Å². The van der Waals surface area contributed by atoms with E-state index in [0.717, 1.165) is 16.8 Å². The number of nitrogens with two attached hydrogens (primary N) is 1. The number of aryl methyl sites for hydroxylation is 1. The number of pyridine rings is 1. The van der Waals surface area contributed by atoms with Crippen molar-refractivity contribution in [1.29, 1.82) is 0 Å². The van der Waals surface area contributed by atoms with Crippen LogP contribution < -0.4 is 5.73 Å². The van der Waals surface area contributed by atoms with Crippen molar-refractivity contribution in [3.8, 4) is 11.3 Å². The second-order valence-electron chi connectivity index (χ2n) is 5.36. The molecule has 5 heteroatoms. The van der Waals surface area contributed by atoms with Crippen LogP contribution in [0.1, 0.15) is 25.1 Å². The fourth-order valence-corrected chi connectivity index (χ4v) is 2.18. The highest BCUT2D eigenvalue weighted by Crippen LogP contribution is 2.26.